The molecule has 1 aromatic heterocycles. The van der Waals surface area contributed by atoms with Crippen molar-refractivity contribution in [1.82, 2.24) is 15.1 Å². The van der Waals surface area contributed by atoms with Crippen LogP contribution in [-0.2, 0) is 0 Å². The molecule has 0 spiro atoms. The maximum absolute atomic E-state index is 4.55. The first-order valence-electron chi connectivity index (χ1n) is 7.84. The Labute approximate surface area is 131 Å². The zero-order valence-corrected chi connectivity index (χ0v) is 13.4. The second-order valence-electron chi connectivity index (χ2n) is 5.49. The van der Waals surface area contributed by atoms with Gasteiger partial charge in [0.25, 0.3) is 0 Å². The predicted molar refractivity (Wildman–Crippen MR) is 90.1 cm³/mol. The smallest absolute Gasteiger partial charge is 0.0649 e. The highest BCUT2D eigenvalue weighted by Crippen LogP contribution is 2.36. The van der Waals surface area contributed by atoms with Gasteiger partial charge in [0.1, 0.15) is 0 Å². The summed E-state index contributed by atoms with van der Waals surface area (Å²) in [4.78, 5) is 0. The molecule has 112 valence electrons. The number of nitrogens with zero attached hydrogens (tertiary/aromatic N) is 2. The van der Waals surface area contributed by atoms with Crippen molar-refractivity contribution in [3.63, 3.8) is 0 Å². The Morgan fingerprint density at radius 3 is 2.90 bits per heavy atom. The Morgan fingerprint density at radius 1 is 1.33 bits per heavy atom. The molecule has 1 fully saturated rings. The van der Waals surface area contributed by atoms with Crippen LogP contribution in [0.3, 0.4) is 0 Å². The molecule has 2 atom stereocenters. The van der Waals surface area contributed by atoms with Crippen molar-refractivity contribution in [2.45, 2.75) is 37.5 Å². The minimum atomic E-state index is 0.389. The number of benzene rings is 1. The molecule has 21 heavy (non-hydrogen) atoms. The molecular weight excluding hydrogens is 278 g/mol. The summed E-state index contributed by atoms with van der Waals surface area (Å²) in [6.07, 6.45) is 5.71. The van der Waals surface area contributed by atoms with Crippen LogP contribution in [0.15, 0.2) is 42.6 Å². The van der Waals surface area contributed by atoms with Crippen LogP contribution < -0.4 is 5.32 Å². The van der Waals surface area contributed by atoms with Gasteiger partial charge in [-0.15, -0.1) is 0 Å². The first kappa shape index (κ1) is 14.7. The highest BCUT2D eigenvalue weighted by molar-refractivity contribution is 8.00. The van der Waals surface area contributed by atoms with E-state index in [1.165, 1.54) is 24.3 Å². The highest BCUT2D eigenvalue weighted by Gasteiger charge is 2.29. The quantitative estimate of drug-likeness (QED) is 0.880. The Balaban J connectivity index is 1.90. The largest absolute Gasteiger partial charge is 0.308 e. The van der Waals surface area contributed by atoms with Crippen LogP contribution in [0.1, 0.15) is 37.9 Å². The molecule has 0 bridgehead atoms. The van der Waals surface area contributed by atoms with E-state index in [2.05, 4.69) is 64.1 Å². The number of hydrogen-bond acceptors (Lipinski definition) is 3. The standard InChI is InChI=1S/C17H23N3S/c1-2-11-18-17(16-9-6-13-21-16)15-10-12-19-20(15)14-7-4-3-5-8-14/h3-5,7-8,10,12,16-18H,2,6,9,11,13H2,1H3. The number of nitrogens with one attached hydrogen (secondary N) is 1. The zero-order valence-electron chi connectivity index (χ0n) is 12.5. The van der Waals surface area contributed by atoms with Gasteiger partial charge >= 0.3 is 0 Å². The lowest BCUT2D eigenvalue weighted by molar-refractivity contribution is 0.482. The summed E-state index contributed by atoms with van der Waals surface area (Å²) in [5.41, 5.74) is 2.43. The fraction of sp³-hybridized carbons (Fsp3) is 0.471. The second-order valence-corrected chi connectivity index (χ2v) is 6.83. The number of para-hydroxylation sites is 1. The SMILES string of the molecule is CCCNC(c1ccnn1-c1ccccc1)C1CCCS1. The fourth-order valence-electron chi connectivity index (χ4n) is 2.93. The predicted octanol–water partition coefficient (Wildman–Crippen LogP) is 3.81. The molecule has 2 heterocycles. The van der Waals surface area contributed by atoms with Crippen molar-refractivity contribution in [3.8, 4) is 5.69 Å². The van der Waals surface area contributed by atoms with Gasteiger partial charge < -0.3 is 5.32 Å². The van der Waals surface area contributed by atoms with Crippen LogP contribution in [0, 0.1) is 0 Å². The average molecular weight is 301 g/mol. The third-order valence-corrected chi connectivity index (χ3v) is 5.40. The van der Waals surface area contributed by atoms with E-state index < -0.39 is 0 Å². The topological polar surface area (TPSA) is 29.9 Å². The van der Waals surface area contributed by atoms with Crippen LogP contribution in [0.5, 0.6) is 0 Å². The van der Waals surface area contributed by atoms with Gasteiger partial charge in [0.15, 0.2) is 0 Å². The van der Waals surface area contributed by atoms with Crippen molar-refractivity contribution >= 4 is 11.8 Å². The van der Waals surface area contributed by atoms with Crippen molar-refractivity contribution in [1.29, 1.82) is 0 Å². The Hall–Kier alpha value is -1.26. The maximum atomic E-state index is 4.55. The molecule has 0 saturated carbocycles. The van der Waals surface area contributed by atoms with Gasteiger partial charge in [0.2, 0.25) is 0 Å². The molecule has 2 unspecified atom stereocenters. The summed E-state index contributed by atoms with van der Waals surface area (Å²) in [6.45, 7) is 3.28. The van der Waals surface area contributed by atoms with Gasteiger partial charge in [-0.3, -0.25) is 0 Å². The summed E-state index contributed by atoms with van der Waals surface area (Å²) in [5, 5.41) is 8.96. The second kappa shape index (κ2) is 7.14. The van der Waals surface area contributed by atoms with Crippen LogP contribution in [-0.4, -0.2) is 27.3 Å². The fourth-order valence-corrected chi connectivity index (χ4v) is 4.32. The van der Waals surface area contributed by atoms with Gasteiger partial charge in [-0.2, -0.15) is 16.9 Å². The average Bonchev–Trinajstić information content (AvgIpc) is 3.20. The Morgan fingerprint density at radius 2 is 2.19 bits per heavy atom. The molecule has 3 nitrogen and oxygen atoms in total. The number of aromatic nitrogens is 2. The van der Waals surface area contributed by atoms with Crippen LogP contribution in [0.4, 0.5) is 0 Å². The summed E-state index contributed by atoms with van der Waals surface area (Å²) >= 11 is 2.10. The lowest BCUT2D eigenvalue weighted by atomic mass is 10.1. The van der Waals surface area contributed by atoms with E-state index >= 15 is 0 Å². The summed E-state index contributed by atoms with van der Waals surface area (Å²) in [7, 11) is 0. The third-order valence-electron chi connectivity index (χ3n) is 3.94. The summed E-state index contributed by atoms with van der Waals surface area (Å²) in [5.74, 6) is 1.29. The van der Waals surface area contributed by atoms with Crippen molar-refractivity contribution < 1.29 is 0 Å². The molecule has 0 radical (unpaired) electrons. The maximum Gasteiger partial charge on any atom is 0.0649 e. The van der Waals surface area contributed by atoms with E-state index in [1.807, 2.05) is 12.3 Å². The van der Waals surface area contributed by atoms with E-state index in [1.54, 1.807) is 0 Å². The van der Waals surface area contributed by atoms with Gasteiger partial charge in [-0.25, -0.2) is 4.68 Å². The van der Waals surface area contributed by atoms with Crippen LogP contribution in [0.25, 0.3) is 5.69 Å². The molecule has 1 aliphatic rings. The molecular formula is C17H23N3S. The molecule has 1 aliphatic heterocycles. The van der Waals surface area contributed by atoms with E-state index in [0.717, 1.165) is 18.7 Å². The number of thioether (sulfide) groups is 1. The lowest BCUT2D eigenvalue weighted by Gasteiger charge is -2.25. The van der Waals surface area contributed by atoms with E-state index in [4.69, 9.17) is 0 Å². The van der Waals surface area contributed by atoms with E-state index in [-0.39, 0.29) is 0 Å². The van der Waals surface area contributed by atoms with Gasteiger partial charge in [0.05, 0.1) is 17.4 Å². The molecule has 1 aromatic carbocycles. The molecule has 1 saturated heterocycles. The highest BCUT2D eigenvalue weighted by atomic mass is 32.2. The minimum Gasteiger partial charge on any atom is -0.308 e. The molecule has 3 rings (SSSR count). The molecule has 1 N–H and O–H groups in total. The van der Waals surface area contributed by atoms with Crippen molar-refractivity contribution in [3.05, 3.63) is 48.3 Å². The molecule has 0 amide bonds. The first-order valence-corrected chi connectivity index (χ1v) is 8.89. The normalized spacial score (nSPS) is 19.8. The zero-order chi connectivity index (χ0) is 14.5. The summed E-state index contributed by atoms with van der Waals surface area (Å²) in [6, 6.07) is 13.0. The minimum absolute atomic E-state index is 0.389. The number of rotatable bonds is 6. The van der Waals surface area contributed by atoms with Gasteiger partial charge in [-0.05, 0) is 49.8 Å². The van der Waals surface area contributed by atoms with E-state index in [9.17, 15) is 0 Å². The first-order chi connectivity index (χ1) is 10.4. The monoisotopic (exact) mass is 301 g/mol. The van der Waals surface area contributed by atoms with Crippen LogP contribution in [0.2, 0.25) is 0 Å². The van der Waals surface area contributed by atoms with Crippen LogP contribution >= 0.6 is 11.8 Å². The number of hydrogen-bond donors (Lipinski definition) is 1. The van der Waals surface area contributed by atoms with Gasteiger partial charge in [0, 0.05) is 11.4 Å². The Bertz CT molecular complexity index is 546. The molecule has 2 aromatic rings. The van der Waals surface area contributed by atoms with Crippen molar-refractivity contribution in [2.24, 2.45) is 0 Å². The lowest BCUT2D eigenvalue weighted by Crippen LogP contribution is -2.31. The third kappa shape index (κ3) is 3.33. The Kier molecular flexibility index (Phi) is 4.99. The molecule has 4 heteroatoms. The summed E-state index contributed by atoms with van der Waals surface area (Å²) < 4.78 is 2.09. The molecule has 0 aliphatic carbocycles. The van der Waals surface area contributed by atoms with E-state index in [0.29, 0.717) is 11.3 Å². The van der Waals surface area contributed by atoms with Gasteiger partial charge in [-0.1, -0.05) is 25.1 Å². The van der Waals surface area contributed by atoms with Crippen molar-refractivity contribution in [2.75, 3.05) is 12.3 Å².